The highest BCUT2D eigenvalue weighted by atomic mass is 16.5. The van der Waals surface area contributed by atoms with E-state index in [0.717, 1.165) is 21.7 Å². The molecule has 0 amide bonds. The maximum Gasteiger partial charge on any atom is 0.343 e. The van der Waals surface area contributed by atoms with Crippen molar-refractivity contribution in [1.29, 1.82) is 0 Å². The molecule has 5 heteroatoms. The highest BCUT2D eigenvalue weighted by Gasteiger charge is 2.22. The molecule has 0 radical (unpaired) electrons. The van der Waals surface area contributed by atoms with Gasteiger partial charge in [-0.05, 0) is 58.8 Å². The fourth-order valence-electron chi connectivity index (χ4n) is 3.64. The van der Waals surface area contributed by atoms with Crippen molar-refractivity contribution in [2.75, 3.05) is 7.11 Å². The van der Waals surface area contributed by atoms with Crippen LogP contribution < -0.4 is 10.4 Å². The average molecular weight is 396 g/mol. The Morgan fingerprint density at radius 1 is 0.933 bits per heavy atom. The van der Waals surface area contributed by atoms with Crippen molar-refractivity contribution in [3.63, 3.8) is 0 Å². The van der Waals surface area contributed by atoms with E-state index in [1.807, 2.05) is 42.5 Å². The lowest BCUT2D eigenvalue weighted by molar-refractivity contribution is -0.130. The predicted octanol–water partition coefficient (Wildman–Crippen LogP) is 4.94. The maximum atomic E-state index is 12.5. The number of hydrogen-bond donors (Lipinski definition) is 0. The highest BCUT2D eigenvalue weighted by molar-refractivity contribution is 6.12. The smallest absolute Gasteiger partial charge is 0.343 e. The van der Waals surface area contributed by atoms with Crippen LogP contribution in [0.4, 0.5) is 0 Å². The molecule has 30 heavy (non-hydrogen) atoms. The second-order valence-electron chi connectivity index (χ2n) is 6.91. The molecule has 5 rings (SSSR count). The van der Waals surface area contributed by atoms with E-state index in [4.69, 9.17) is 13.9 Å². The molecule has 0 bridgehead atoms. The van der Waals surface area contributed by atoms with Crippen molar-refractivity contribution in [3.05, 3.63) is 99.9 Å². The molecule has 1 aromatic heterocycles. The number of esters is 1. The Kier molecular flexibility index (Phi) is 4.21. The monoisotopic (exact) mass is 396 g/mol. The van der Waals surface area contributed by atoms with Crippen LogP contribution in [0.3, 0.4) is 0 Å². The number of hydrogen-bond acceptors (Lipinski definition) is 5. The molecule has 0 atom stereocenters. The second kappa shape index (κ2) is 7.04. The normalized spacial score (nSPS) is 14.9. The Hall–Kier alpha value is -4.12. The second-order valence-corrected chi connectivity index (χ2v) is 6.91. The Bertz CT molecular complexity index is 1420. The topological polar surface area (TPSA) is 65.7 Å². The summed E-state index contributed by atoms with van der Waals surface area (Å²) in [5.41, 5.74) is 1.72. The third-order valence-electron chi connectivity index (χ3n) is 5.07. The summed E-state index contributed by atoms with van der Waals surface area (Å²) in [4.78, 5) is 24.6. The van der Waals surface area contributed by atoms with E-state index in [1.54, 1.807) is 37.5 Å². The molecule has 0 spiro atoms. The number of methoxy groups -OCH3 is 1. The minimum absolute atomic E-state index is 0.362. The van der Waals surface area contributed by atoms with Crippen LogP contribution >= 0.6 is 0 Å². The predicted molar refractivity (Wildman–Crippen MR) is 115 cm³/mol. The van der Waals surface area contributed by atoms with Gasteiger partial charge in [0.25, 0.3) is 0 Å². The lowest BCUT2D eigenvalue weighted by Gasteiger charge is -2.06. The van der Waals surface area contributed by atoms with E-state index in [0.29, 0.717) is 28.2 Å². The molecular formula is C25H16O5. The van der Waals surface area contributed by atoms with Crippen LogP contribution in [0.15, 0.2) is 87.6 Å². The molecule has 0 saturated heterocycles. The molecule has 0 aliphatic carbocycles. The summed E-state index contributed by atoms with van der Waals surface area (Å²) in [6.45, 7) is 0. The molecule has 0 saturated carbocycles. The van der Waals surface area contributed by atoms with E-state index < -0.39 is 11.6 Å². The lowest BCUT2D eigenvalue weighted by atomic mass is 10.00. The molecule has 1 aliphatic heterocycles. The zero-order valence-corrected chi connectivity index (χ0v) is 16.0. The van der Waals surface area contributed by atoms with Crippen molar-refractivity contribution in [2.24, 2.45) is 0 Å². The molecule has 146 valence electrons. The van der Waals surface area contributed by atoms with E-state index in [1.165, 1.54) is 6.07 Å². The van der Waals surface area contributed by atoms with Crippen LogP contribution in [-0.2, 0) is 9.53 Å². The van der Waals surface area contributed by atoms with Gasteiger partial charge in [0.1, 0.15) is 17.1 Å². The van der Waals surface area contributed by atoms with Crippen molar-refractivity contribution in [1.82, 2.24) is 0 Å². The fraction of sp³-hybridized carbons (Fsp3) is 0.0400. The first-order chi connectivity index (χ1) is 14.6. The van der Waals surface area contributed by atoms with Gasteiger partial charge in [0.2, 0.25) is 0 Å². The summed E-state index contributed by atoms with van der Waals surface area (Å²) in [5.74, 6) is 0.697. The van der Waals surface area contributed by atoms with E-state index in [2.05, 4.69) is 0 Å². The molecule has 4 aromatic rings. The average Bonchev–Trinajstić information content (AvgIpc) is 3.13. The zero-order valence-electron chi connectivity index (χ0n) is 16.0. The van der Waals surface area contributed by atoms with Gasteiger partial charge in [0.15, 0.2) is 0 Å². The summed E-state index contributed by atoms with van der Waals surface area (Å²) in [6.07, 6.45) is 3.35. The first-order valence-electron chi connectivity index (χ1n) is 9.38. The van der Waals surface area contributed by atoms with Crippen molar-refractivity contribution in [2.45, 2.75) is 0 Å². The number of benzene rings is 3. The van der Waals surface area contributed by atoms with Gasteiger partial charge in [0, 0.05) is 17.0 Å². The van der Waals surface area contributed by atoms with Gasteiger partial charge in [-0.2, -0.15) is 0 Å². The number of carbonyl (C=O) groups excluding carboxylic acids is 1. The summed E-state index contributed by atoms with van der Waals surface area (Å²) >= 11 is 0. The molecule has 1 aliphatic rings. The third-order valence-corrected chi connectivity index (χ3v) is 5.07. The van der Waals surface area contributed by atoms with Crippen LogP contribution in [0.1, 0.15) is 11.1 Å². The maximum absolute atomic E-state index is 12.5. The fourth-order valence-corrected chi connectivity index (χ4v) is 3.64. The third kappa shape index (κ3) is 3.06. The van der Waals surface area contributed by atoms with Gasteiger partial charge in [-0.1, -0.05) is 30.3 Å². The minimum atomic E-state index is -0.477. The largest absolute Gasteiger partial charge is 0.497 e. The van der Waals surface area contributed by atoms with E-state index >= 15 is 0 Å². The SMILES string of the molecule is COc1ccc(C2=C/C(=C\c3cc(=O)oc4ccc5ccccc5c34)C(=O)O2)cc1. The summed E-state index contributed by atoms with van der Waals surface area (Å²) in [7, 11) is 1.59. The highest BCUT2D eigenvalue weighted by Crippen LogP contribution is 2.32. The van der Waals surface area contributed by atoms with Crippen LogP contribution in [-0.4, -0.2) is 13.1 Å². The van der Waals surface area contributed by atoms with Crippen LogP contribution in [0, 0.1) is 0 Å². The number of ether oxygens (including phenoxy) is 2. The van der Waals surface area contributed by atoms with E-state index in [-0.39, 0.29) is 0 Å². The first kappa shape index (κ1) is 17.9. The quantitative estimate of drug-likeness (QED) is 0.212. The van der Waals surface area contributed by atoms with Gasteiger partial charge in [0.05, 0.1) is 12.7 Å². The molecule has 0 N–H and O–H groups in total. The van der Waals surface area contributed by atoms with Crippen LogP contribution in [0.25, 0.3) is 33.6 Å². The summed E-state index contributed by atoms with van der Waals surface area (Å²) < 4.78 is 16.0. The lowest BCUT2D eigenvalue weighted by Crippen LogP contribution is -2.01. The molecule has 5 nitrogen and oxygen atoms in total. The summed E-state index contributed by atoms with van der Waals surface area (Å²) in [5, 5.41) is 2.73. The van der Waals surface area contributed by atoms with Crippen LogP contribution in [0.2, 0.25) is 0 Å². The molecule has 3 aromatic carbocycles. The molecule has 2 heterocycles. The van der Waals surface area contributed by atoms with Gasteiger partial charge >= 0.3 is 11.6 Å². The summed E-state index contributed by atoms with van der Waals surface area (Å²) in [6, 6.07) is 20.1. The van der Waals surface area contributed by atoms with Crippen molar-refractivity contribution >= 4 is 39.5 Å². The number of rotatable bonds is 3. The molecule has 0 unspecified atom stereocenters. The number of cyclic esters (lactones) is 1. The van der Waals surface area contributed by atoms with Crippen LogP contribution in [0.5, 0.6) is 5.75 Å². The van der Waals surface area contributed by atoms with Gasteiger partial charge in [-0.15, -0.1) is 0 Å². The Morgan fingerprint density at radius 2 is 1.73 bits per heavy atom. The van der Waals surface area contributed by atoms with Crippen molar-refractivity contribution < 1.29 is 18.7 Å². The van der Waals surface area contributed by atoms with Gasteiger partial charge in [-0.3, -0.25) is 0 Å². The van der Waals surface area contributed by atoms with Gasteiger partial charge < -0.3 is 13.9 Å². The van der Waals surface area contributed by atoms with E-state index in [9.17, 15) is 9.59 Å². The number of fused-ring (bicyclic) bond motifs is 3. The zero-order chi connectivity index (χ0) is 20.7. The Labute approximate surface area is 171 Å². The van der Waals surface area contributed by atoms with Gasteiger partial charge in [-0.25, -0.2) is 9.59 Å². The molecular weight excluding hydrogens is 380 g/mol. The Morgan fingerprint density at radius 3 is 2.53 bits per heavy atom. The number of carbonyl (C=O) groups is 1. The molecule has 0 fully saturated rings. The minimum Gasteiger partial charge on any atom is -0.497 e. The Balaban J connectivity index is 1.66. The standard InChI is InChI=1S/C25H16O5/c1-28-19-9-6-16(7-10-19)22-13-18(25(27)30-22)12-17-14-23(26)29-21-11-8-15-4-2-3-5-20(15)24(17)21/h2-14H,1H3/b18-12+. The van der Waals surface area contributed by atoms with Crippen molar-refractivity contribution in [3.8, 4) is 5.75 Å². The first-order valence-corrected chi connectivity index (χ1v) is 9.38.